The Morgan fingerprint density at radius 2 is 2.09 bits per heavy atom. The number of aromatic nitrogens is 1. The lowest BCUT2D eigenvalue weighted by Gasteiger charge is -2.16. The van der Waals surface area contributed by atoms with Gasteiger partial charge < -0.3 is 5.11 Å². The molecule has 2 nitrogen and oxygen atoms in total. The quantitative estimate of drug-likeness (QED) is 0.571. The van der Waals surface area contributed by atoms with Crippen molar-refractivity contribution >= 4 is 13.4 Å². The maximum Gasteiger partial charge on any atom is 0.141 e. The monoisotopic (exact) mass is 147 g/mol. The normalized spacial score (nSPS) is 11.5. The van der Waals surface area contributed by atoms with E-state index in [4.69, 9.17) is 7.85 Å². The van der Waals surface area contributed by atoms with Gasteiger partial charge in [-0.1, -0.05) is 12.1 Å². The average molecular weight is 147 g/mol. The third-order valence-corrected chi connectivity index (χ3v) is 1.49. The highest BCUT2D eigenvalue weighted by atomic mass is 16.3. The Hall–Kier alpha value is -0.825. The number of pyridine rings is 1. The van der Waals surface area contributed by atoms with Crippen LogP contribution < -0.4 is 5.59 Å². The highest BCUT2D eigenvalue weighted by Crippen LogP contribution is 2.16. The van der Waals surface area contributed by atoms with Crippen LogP contribution in [0.5, 0.6) is 0 Å². The summed E-state index contributed by atoms with van der Waals surface area (Å²) in [5.41, 5.74) is 0.408. The van der Waals surface area contributed by atoms with Crippen LogP contribution in [0.4, 0.5) is 0 Å². The molecule has 1 rings (SSSR count). The first kappa shape index (κ1) is 8.27. The van der Waals surface area contributed by atoms with E-state index in [0.717, 1.165) is 5.56 Å². The summed E-state index contributed by atoms with van der Waals surface area (Å²) in [4.78, 5) is 3.86. The first-order chi connectivity index (χ1) is 5.00. The molecule has 56 valence electrons. The first-order valence-corrected chi connectivity index (χ1v) is 3.44. The van der Waals surface area contributed by atoms with Crippen LogP contribution in [0.2, 0.25) is 0 Å². The third kappa shape index (κ3) is 2.05. The Morgan fingerprint density at radius 1 is 1.45 bits per heavy atom. The average Bonchev–Trinajstić information content (AvgIpc) is 1.86. The Bertz CT molecular complexity index is 237. The molecule has 1 aromatic rings. The van der Waals surface area contributed by atoms with E-state index in [-0.39, 0.29) is 0 Å². The number of rotatable bonds is 1. The van der Waals surface area contributed by atoms with Crippen LogP contribution in [0.3, 0.4) is 0 Å². The van der Waals surface area contributed by atoms with Crippen molar-refractivity contribution in [1.29, 1.82) is 0 Å². The molecule has 1 heterocycles. The molecular weight excluding hydrogens is 137 g/mol. The second-order valence-corrected chi connectivity index (χ2v) is 3.03. The first-order valence-electron chi connectivity index (χ1n) is 3.44. The van der Waals surface area contributed by atoms with Crippen LogP contribution in [-0.4, -0.2) is 17.9 Å². The van der Waals surface area contributed by atoms with Crippen molar-refractivity contribution in [3.63, 3.8) is 0 Å². The van der Waals surface area contributed by atoms with E-state index in [1.807, 2.05) is 0 Å². The standard InChI is InChI=1S/C8H10BNO/c1-8(2,11)6-3-4-7(9)10-5-6/h3-5,11H,1-2H3. The molecule has 1 N–H and O–H groups in total. The van der Waals surface area contributed by atoms with Crippen molar-refractivity contribution in [3.8, 4) is 0 Å². The molecule has 0 saturated heterocycles. The van der Waals surface area contributed by atoms with Crippen molar-refractivity contribution in [1.82, 2.24) is 4.98 Å². The predicted molar refractivity (Wildman–Crippen MR) is 44.9 cm³/mol. The zero-order valence-corrected chi connectivity index (χ0v) is 6.70. The smallest absolute Gasteiger partial charge is 0.141 e. The number of nitrogens with zero attached hydrogens (tertiary/aromatic N) is 1. The van der Waals surface area contributed by atoms with Crippen LogP contribution in [-0.2, 0) is 5.60 Å². The van der Waals surface area contributed by atoms with Crippen LogP contribution in [0.15, 0.2) is 18.3 Å². The Morgan fingerprint density at radius 3 is 2.45 bits per heavy atom. The maximum absolute atomic E-state index is 9.50. The minimum atomic E-state index is -0.833. The summed E-state index contributed by atoms with van der Waals surface area (Å²) in [5, 5.41) is 9.50. The summed E-state index contributed by atoms with van der Waals surface area (Å²) in [6.07, 6.45) is 1.58. The van der Waals surface area contributed by atoms with E-state index in [1.54, 1.807) is 32.2 Å². The molecule has 1 aromatic heterocycles. The number of aliphatic hydroxyl groups is 1. The molecule has 0 bridgehead atoms. The van der Waals surface area contributed by atoms with Gasteiger partial charge in [-0.2, -0.15) is 0 Å². The van der Waals surface area contributed by atoms with Gasteiger partial charge in [0.25, 0.3) is 0 Å². The van der Waals surface area contributed by atoms with E-state index >= 15 is 0 Å². The van der Waals surface area contributed by atoms with E-state index in [0.29, 0.717) is 5.59 Å². The van der Waals surface area contributed by atoms with Gasteiger partial charge in [-0.3, -0.25) is 4.98 Å². The number of hydrogen-bond acceptors (Lipinski definition) is 2. The highest BCUT2D eigenvalue weighted by Gasteiger charge is 2.14. The molecule has 0 aliphatic carbocycles. The fourth-order valence-corrected chi connectivity index (χ4v) is 0.767. The topological polar surface area (TPSA) is 33.1 Å². The lowest BCUT2D eigenvalue weighted by atomic mass is 9.97. The molecule has 2 radical (unpaired) electrons. The van der Waals surface area contributed by atoms with Gasteiger partial charge in [-0.05, 0) is 19.4 Å². The van der Waals surface area contributed by atoms with Gasteiger partial charge in [0, 0.05) is 11.8 Å². The third-order valence-electron chi connectivity index (χ3n) is 1.49. The van der Waals surface area contributed by atoms with Crippen molar-refractivity contribution in [2.24, 2.45) is 0 Å². The minimum Gasteiger partial charge on any atom is -0.386 e. The van der Waals surface area contributed by atoms with E-state index in [2.05, 4.69) is 4.98 Å². The Balaban J connectivity index is 2.99. The molecule has 0 fully saturated rings. The summed E-state index contributed by atoms with van der Waals surface area (Å²) < 4.78 is 0. The summed E-state index contributed by atoms with van der Waals surface area (Å²) in [5.74, 6) is 0. The summed E-state index contributed by atoms with van der Waals surface area (Å²) in [6.45, 7) is 3.42. The fourth-order valence-electron chi connectivity index (χ4n) is 0.767. The van der Waals surface area contributed by atoms with E-state index < -0.39 is 5.60 Å². The fraction of sp³-hybridized carbons (Fsp3) is 0.375. The minimum absolute atomic E-state index is 0.470. The van der Waals surface area contributed by atoms with Crippen molar-refractivity contribution in [3.05, 3.63) is 23.9 Å². The van der Waals surface area contributed by atoms with Crippen molar-refractivity contribution in [2.45, 2.75) is 19.4 Å². The van der Waals surface area contributed by atoms with Crippen LogP contribution in [0.1, 0.15) is 19.4 Å². The van der Waals surface area contributed by atoms with Crippen LogP contribution in [0, 0.1) is 0 Å². The molecule has 3 heteroatoms. The molecule has 0 aromatic carbocycles. The van der Waals surface area contributed by atoms with Gasteiger partial charge in [0.1, 0.15) is 7.85 Å². The van der Waals surface area contributed by atoms with E-state index in [9.17, 15) is 5.11 Å². The molecule has 0 saturated carbocycles. The van der Waals surface area contributed by atoms with Gasteiger partial charge in [0.2, 0.25) is 0 Å². The molecular formula is C8H10BNO. The Kier molecular flexibility index (Phi) is 2.00. The molecule has 0 unspecified atom stereocenters. The van der Waals surface area contributed by atoms with Crippen molar-refractivity contribution in [2.75, 3.05) is 0 Å². The lowest BCUT2D eigenvalue weighted by Crippen LogP contribution is -2.18. The zero-order chi connectivity index (χ0) is 8.48. The molecule has 11 heavy (non-hydrogen) atoms. The summed E-state index contributed by atoms with van der Waals surface area (Å²) in [6, 6.07) is 3.44. The summed E-state index contributed by atoms with van der Waals surface area (Å²) >= 11 is 0. The molecule has 0 aliphatic heterocycles. The van der Waals surface area contributed by atoms with Gasteiger partial charge in [0.05, 0.1) is 5.60 Å². The SMILES string of the molecule is [B]c1ccc(C(C)(C)O)cn1. The van der Waals surface area contributed by atoms with E-state index in [1.165, 1.54) is 0 Å². The summed E-state index contributed by atoms with van der Waals surface area (Å²) in [7, 11) is 5.38. The van der Waals surface area contributed by atoms with Gasteiger partial charge in [-0.15, -0.1) is 0 Å². The maximum atomic E-state index is 9.50. The predicted octanol–water partition coefficient (Wildman–Crippen LogP) is 0.103. The van der Waals surface area contributed by atoms with Crippen LogP contribution >= 0.6 is 0 Å². The lowest BCUT2D eigenvalue weighted by molar-refractivity contribution is 0.0783. The number of hydrogen-bond donors (Lipinski definition) is 1. The van der Waals surface area contributed by atoms with Gasteiger partial charge in [-0.25, -0.2) is 0 Å². The van der Waals surface area contributed by atoms with Gasteiger partial charge in [0.15, 0.2) is 0 Å². The second kappa shape index (κ2) is 2.66. The second-order valence-electron chi connectivity index (χ2n) is 3.03. The molecule has 0 amide bonds. The molecule has 0 aliphatic rings. The highest BCUT2D eigenvalue weighted by molar-refractivity contribution is 6.30. The van der Waals surface area contributed by atoms with Gasteiger partial charge >= 0.3 is 0 Å². The largest absolute Gasteiger partial charge is 0.386 e. The molecule has 0 atom stereocenters. The molecule has 0 spiro atoms. The Labute approximate surface area is 67.7 Å². The zero-order valence-electron chi connectivity index (χ0n) is 6.70. The van der Waals surface area contributed by atoms with Crippen LogP contribution in [0.25, 0.3) is 0 Å². The van der Waals surface area contributed by atoms with Crippen molar-refractivity contribution < 1.29 is 5.11 Å².